The molecule has 0 amide bonds. The van der Waals surface area contributed by atoms with Gasteiger partial charge in [-0.25, -0.2) is 0 Å². The van der Waals surface area contributed by atoms with E-state index in [0.717, 1.165) is 32.1 Å². The Kier molecular flexibility index (Phi) is 5.78. The van der Waals surface area contributed by atoms with Crippen LogP contribution in [0.4, 0.5) is 0 Å². The highest BCUT2D eigenvalue weighted by molar-refractivity contribution is 6.18. The average Bonchev–Trinajstić information content (AvgIpc) is 2.27. The van der Waals surface area contributed by atoms with Gasteiger partial charge in [-0.3, -0.25) is 0 Å². The molecule has 0 spiro atoms. The van der Waals surface area contributed by atoms with E-state index in [2.05, 4.69) is 0 Å². The van der Waals surface area contributed by atoms with E-state index in [1.807, 2.05) is 0 Å². The van der Waals surface area contributed by atoms with Crippen LogP contribution in [0.3, 0.4) is 0 Å². The molecule has 0 bridgehead atoms. The molecule has 106 valence electrons. The Balaban J connectivity index is 0.000000256. The number of halogens is 1. The van der Waals surface area contributed by atoms with Gasteiger partial charge in [0, 0.05) is 11.8 Å². The standard InChI is InChI=1S/C11H19ClO2.C4H8/c12-6-9-7-2-1-3-10(13)8(7)4-5-11(9)14;1-2-4-3-1/h7-11,13-14H,1-6H2;1-4H2. The van der Waals surface area contributed by atoms with Crippen molar-refractivity contribution >= 4 is 11.6 Å². The molecule has 3 heteroatoms. The van der Waals surface area contributed by atoms with Crippen LogP contribution in [0, 0.1) is 17.8 Å². The maximum absolute atomic E-state index is 9.88. The lowest BCUT2D eigenvalue weighted by atomic mass is 9.64. The highest BCUT2D eigenvalue weighted by Gasteiger charge is 2.42. The Morgan fingerprint density at radius 3 is 1.94 bits per heavy atom. The molecule has 0 aromatic carbocycles. The maximum Gasteiger partial charge on any atom is 0.0582 e. The molecule has 18 heavy (non-hydrogen) atoms. The van der Waals surface area contributed by atoms with E-state index in [9.17, 15) is 10.2 Å². The van der Waals surface area contributed by atoms with Gasteiger partial charge in [0.15, 0.2) is 0 Å². The second-order valence-corrected chi connectivity index (χ2v) is 6.51. The summed E-state index contributed by atoms with van der Waals surface area (Å²) in [5.41, 5.74) is 0. The summed E-state index contributed by atoms with van der Waals surface area (Å²) in [6.07, 6.45) is 10.6. The van der Waals surface area contributed by atoms with Crippen molar-refractivity contribution < 1.29 is 10.2 Å². The van der Waals surface area contributed by atoms with Crippen molar-refractivity contribution in [3.05, 3.63) is 0 Å². The molecular formula is C15H27ClO2. The minimum atomic E-state index is -0.237. The van der Waals surface area contributed by atoms with E-state index in [1.165, 1.54) is 25.7 Å². The largest absolute Gasteiger partial charge is 0.393 e. The molecule has 3 fully saturated rings. The second-order valence-electron chi connectivity index (χ2n) is 6.20. The Hall–Kier alpha value is 0.210. The first kappa shape index (κ1) is 14.6. The van der Waals surface area contributed by atoms with Gasteiger partial charge in [-0.2, -0.15) is 0 Å². The smallest absolute Gasteiger partial charge is 0.0582 e. The third kappa shape index (κ3) is 3.40. The maximum atomic E-state index is 9.88. The van der Waals surface area contributed by atoms with E-state index in [4.69, 9.17) is 11.6 Å². The Bertz CT molecular complexity index is 233. The first-order chi connectivity index (χ1) is 8.74. The van der Waals surface area contributed by atoms with E-state index < -0.39 is 0 Å². The molecule has 5 unspecified atom stereocenters. The highest BCUT2D eigenvalue weighted by atomic mass is 35.5. The summed E-state index contributed by atoms with van der Waals surface area (Å²) in [4.78, 5) is 0. The number of aliphatic hydroxyl groups excluding tert-OH is 2. The third-order valence-corrected chi connectivity index (χ3v) is 5.46. The van der Waals surface area contributed by atoms with Crippen LogP contribution in [0.1, 0.15) is 57.8 Å². The number of alkyl halides is 1. The summed E-state index contributed by atoms with van der Waals surface area (Å²) >= 11 is 5.90. The molecule has 3 saturated carbocycles. The SMILES string of the molecule is C1CCC1.OC1CCC2C(O)CCCC2C1CCl. The molecule has 0 aromatic rings. The van der Waals surface area contributed by atoms with Gasteiger partial charge in [0.1, 0.15) is 0 Å². The molecule has 0 aliphatic heterocycles. The van der Waals surface area contributed by atoms with Crippen molar-refractivity contribution in [1.82, 2.24) is 0 Å². The molecule has 0 aromatic heterocycles. The van der Waals surface area contributed by atoms with E-state index >= 15 is 0 Å². The molecule has 0 heterocycles. The zero-order valence-corrected chi connectivity index (χ0v) is 12.0. The zero-order chi connectivity index (χ0) is 13.0. The summed E-state index contributed by atoms with van der Waals surface area (Å²) in [5, 5.41) is 19.7. The van der Waals surface area contributed by atoms with Crippen molar-refractivity contribution in [2.75, 3.05) is 5.88 Å². The molecule has 2 nitrogen and oxygen atoms in total. The molecule has 3 rings (SSSR count). The summed E-state index contributed by atoms with van der Waals surface area (Å²) in [7, 11) is 0. The predicted octanol–water partition coefficient (Wildman–Crippen LogP) is 3.33. The van der Waals surface area contributed by atoms with Crippen LogP contribution in [0.25, 0.3) is 0 Å². The summed E-state index contributed by atoms with van der Waals surface area (Å²) < 4.78 is 0. The van der Waals surface area contributed by atoms with Crippen LogP contribution in [0.2, 0.25) is 0 Å². The van der Waals surface area contributed by atoms with Gasteiger partial charge in [0.2, 0.25) is 0 Å². The molecular weight excluding hydrogens is 248 g/mol. The van der Waals surface area contributed by atoms with Gasteiger partial charge < -0.3 is 10.2 Å². The third-order valence-electron chi connectivity index (χ3n) is 5.10. The van der Waals surface area contributed by atoms with Gasteiger partial charge in [0.25, 0.3) is 0 Å². The Morgan fingerprint density at radius 2 is 1.39 bits per heavy atom. The fourth-order valence-electron chi connectivity index (χ4n) is 3.54. The quantitative estimate of drug-likeness (QED) is 0.720. The molecule has 3 aliphatic carbocycles. The number of fused-ring (bicyclic) bond motifs is 1. The lowest BCUT2D eigenvalue weighted by molar-refractivity contribution is -0.0592. The van der Waals surface area contributed by atoms with Crippen LogP contribution in [-0.2, 0) is 0 Å². The van der Waals surface area contributed by atoms with Crippen molar-refractivity contribution in [3.63, 3.8) is 0 Å². The molecule has 3 aliphatic rings. The number of rotatable bonds is 1. The fourth-order valence-corrected chi connectivity index (χ4v) is 3.98. The summed E-state index contributed by atoms with van der Waals surface area (Å²) in [5.74, 6) is 1.61. The molecule has 5 atom stereocenters. The monoisotopic (exact) mass is 274 g/mol. The fraction of sp³-hybridized carbons (Fsp3) is 1.00. The second kappa shape index (κ2) is 7.12. The van der Waals surface area contributed by atoms with E-state index in [-0.39, 0.29) is 18.1 Å². The number of hydrogen-bond donors (Lipinski definition) is 2. The lowest BCUT2D eigenvalue weighted by Crippen LogP contribution is -2.45. The number of hydrogen-bond acceptors (Lipinski definition) is 2. The Morgan fingerprint density at radius 1 is 0.722 bits per heavy atom. The van der Waals surface area contributed by atoms with Gasteiger partial charge in [-0.15, -0.1) is 11.6 Å². The van der Waals surface area contributed by atoms with Crippen LogP contribution in [-0.4, -0.2) is 28.3 Å². The van der Waals surface area contributed by atoms with Crippen molar-refractivity contribution in [2.24, 2.45) is 17.8 Å². The Labute approximate surface area is 116 Å². The van der Waals surface area contributed by atoms with Crippen molar-refractivity contribution in [2.45, 2.75) is 70.0 Å². The van der Waals surface area contributed by atoms with Gasteiger partial charge >= 0.3 is 0 Å². The van der Waals surface area contributed by atoms with Crippen LogP contribution >= 0.6 is 11.6 Å². The first-order valence-electron chi connectivity index (χ1n) is 7.66. The topological polar surface area (TPSA) is 40.5 Å². The van der Waals surface area contributed by atoms with Crippen LogP contribution in [0.5, 0.6) is 0 Å². The highest BCUT2D eigenvalue weighted by Crippen LogP contribution is 2.44. The molecule has 0 saturated heterocycles. The average molecular weight is 275 g/mol. The van der Waals surface area contributed by atoms with Gasteiger partial charge in [-0.1, -0.05) is 32.1 Å². The molecule has 0 radical (unpaired) electrons. The van der Waals surface area contributed by atoms with Gasteiger partial charge in [0.05, 0.1) is 12.2 Å². The van der Waals surface area contributed by atoms with Crippen molar-refractivity contribution in [1.29, 1.82) is 0 Å². The first-order valence-corrected chi connectivity index (χ1v) is 8.19. The van der Waals surface area contributed by atoms with Crippen LogP contribution < -0.4 is 0 Å². The minimum absolute atomic E-state index is 0.146. The lowest BCUT2D eigenvalue weighted by Gasteiger charge is -2.45. The van der Waals surface area contributed by atoms with E-state index in [0.29, 0.717) is 17.7 Å². The summed E-state index contributed by atoms with van der Waals surface area (Å²) in [6, 6.07) is 0. The minimum Gasteiger partial charge on any atom is -0.393 e. The molecule has 2 N–H and O–H groups in total. The summed E-state index contributed by atoms with van der Waals surface area (Å²) in [6.45, 7) is 0. The number of aliphatic hydroxyl groups is 2. The normalized spacial score (nSPS) is 43.2. The van der Waals surface area contributed by atoms with Crippen molar-refractivity contribution in [3.8, 4) is 0 Å². The van der Waals surface area contributed by atoms with Gasteiger partial charge in [-0.05, 0) is 37.5 Å². The van der Waals surface area contributed by atoms with Crippen LogP contribution in [0.15, 0.2) is 0 Å². The zero-order valence-electron chi connectivity index (χ0n) is 11.2. The van der Waals surface area contributed by atoms with E-state index in [1.54, 1.807) is 0 Å². The predicted molar refractivity (Wildman–Crippen MR) is 74.8 cm³/mol.